The molecule has 182 valence electrons. The largest absolute Gasteiger partial charge is 0.369 e. The summed E-state index contributed by atoms with van der Waals surface area (Å²) in [5, 5.41) is 6.72. The van der Waals surface area contributed by atoms with E-state index in [0.29, 0.717) is 28.4 Å². The molecule has 2 aromatic carbocycles. The third-order valence-electron chi connectivity index (χ3n) is 6.16. The molecule has 2 N–H and O–H groups in total. The van der Waals surface area contributed by atoms with Crippen molar-refractivity contribution in [1.29, 1.82) is 0 Å². The molecular weight excluding hydrogens is 454 g/mol. The highest BCUT2D eigenvalue weighted by atomic mass is 16.1. The fourth-order valence-corrected chi connectivity index (χ4v) is 4.22. The minimum Gasteiger partial charge on any atom is -0.369 e. The molecule has 1 aliphatic heterocycles. The molecule has 0 bridgehead atoms. The highest BCUT2D eigenvalue weighted by Crippen LogP contribution is 2.24. The van der Waals surface area contributed by atoms with E-state index in [-0.39, 0.29) is 11.5 Å². The molecule has 3 heterocycles. The topological polar surface area (TPSA) is 95.4 Å². The van der Waals surface area contributed by atoms with Gasteiger partial charge in [0.25, 0.3) is 5.56 Å². The predicted octanol–water partition coefficient (Wildman–Crippen LogP) is 3.40. The van der Waals surface area contributed by atoms with Crippen molar-refractivity contribution in [3.63, 3.8) is 0 Å². The molecular formula is C27H27N7O2. The second kappa shape index (κ2) is 10.0. The molecule has 0 radical (unpaired) electrons. The first-order valence-corrected chi connectivity index (χ1v) is 11.7. The number of hydrogen-bond donors (Lipinski definition) is 2. The lowest BCUT2D eigenvalue weighted by molar-refractivity contribution is -0.111. The molecule has 2 aromatic heterocycles. The highest BCUT2D eigenvalue weighted by molar-refractivity contribution is 5.99. The van der Waals surface area contributed by atoms with E-state index >= 15 is 0 Å². The summed E-state index contributed by atoms with van der Waals surface area (Å²) in [6, 6.07) is 18.4. The van der Waals surface area contributed by atoms with Crippen LogP contribution in [0.1, 0.15) is 0 Å². The minimum atomic E-state index is -0.329. The van der Waals surface area contributed by atoms with Gasteiger partial charge in [-0.3, -0.25) is 14.2 Å². The maximum absolute atomic E-state index is 12.9. The lowest BCUT2D eigenvalue weighted by atomic mass is 10.2. The fraction of sp³-hybridized carbons (Fsp3) is 0.185. The Labute approximate surface area is 208 Å². The number of carbonyl (C=O) groups is 1. The van der Waals surface area contributed by atoms with Crippen LogP contribution >= 0.6 is 0 Å². The van der Waals surface area contributed by atoms with Crippen molar-refractivity contribution in [3.05, 3.63) is 89.9 Å². The van der Waals surface area contributed by atoms with Gasteiger partial charge in [0, 0.05) is 60.9 Å². The number of rotatable bonds is 6. The summed E-state index contributed by atoms with van der Waals surface area (Å²) < 4.78 is 1.51. The molecule has 5 rings (SSSR count). The number of carbonyl (C=O) groups excluding carboxylic acids is 1. The zero-order valence-electron chi connectivity index (χ0n) is 20.0. The number of aromatic nitrogens is 3. The molecule has 1 saturated heterocycles. The number of fused-ring (bicyclic) bond motifs is 1. The molecule has 1 amide bonds. The summed E-state index contributed by atoms with van der Waals surface area (Å²) in [5.74, 6) is 0.0542. The van der Waals surface area contributed by atoms with Crippen molar-refractivity contribution in [1.82, 2.24) is 19.4 Å². The number of nitrogens with one attached hydrogen (secondary N) is 2. The van der Waals surface area contributed by atoms with E-state index in [9.17, 15) is 9.59 Å². The van der Waals surface area contributed by atoms with Crippen LogP contribution in [0.2, 0.25) is 0 Å². The number of benzene rings is 2. The van der Waals surface area contributed by atoms with E-state index < -0.39 is 0 Å². The third-order valence-corrected chi connectivity index (χ3v) is 6.16. The van der Waals surface area contributed by atoms with Gasteiger partial charge in [0.1, 0.15) is 0 Å². The number of anilines is 4. The van der Waals surface area contributed by atoms with Crippen LogP contribution in [-0.4, -0.2) is 58.6 Å². The Kier molecular flexibility index (Phi) is 6.46. The van der Waals surface area contributed by atoms with Crippen molar-refractivity contribution in [2.24, 2.45) is 0 Å². The summed E-state index contributed by atoms with van der Waals surface area (Å²) in [5.41, 5.74) is 3.36. The van der Waals surface area contributed by atoms with Crippen LogP contribution in [0.3, 0.4) is 0 Å². The molecule has 9 heteroatoms. The van der Waals surface area contributed by atoms with Crippen LogP contribution in [0.5, 0.6) is 0 Å². The Hall–Kier alpha value is -4.50. The van der Waals surface area contributed by atoms with Crippen molar-refractivity contribution >= 4 is 40.0 Å². The van der Waals surface area contributed by atoms with Crippen LogP contribution in [0.25, 0.3) is 16.7 Å². The summed E-state index contributed by atoms with van der Waals surface area (Å²) in [6.07, 6.45) is 2.88. The highest BCUT2D eigenvalue weighted by Gasteiger charge is 2.15. The first-order chi connectivity index (χ1) is 17.5. The predicted molar refractivity (Wildman–Crippen MR) is 143 cm³/mol. The number of amides is 1. The normalized spacial score (nSPS) is 14.0. The number of likely N-dealkylation sites (N-methyl/N-ethyl adjacent to an activating group) is 1. The van der Waals surface area contributed by atoms with Gasteiger partial charge in [-0.1, -0.05) is 18.7 Å². The molecule has 1 aliphatic rings. The summed E-state index contributed by atoms with van der Waals surface area (Å²) >= 11 is 0. The van der Waals surface area contributed by atoms with Crippen LogP contribution in [0.15, 0.2) is 84.3 Å². The number of hydrogen-bond acceptors (Lipinski definition) is 7. The van der Waals surface area contributed by atoms with Gasteiger partial charge < -0.3 is 20.4 Å². The third kappa shape index (κ3) is 4.96. The van der Waals surface area contributed by atoms with Gasteiger partial charge in [-0.2, -0.15) is 4.98 Å². The molecule has 0 atom stereocenters. The van der Waals surface area contributed by atoms with E-state index in [1.54, 1.807) is 36.5 Å². The van der Waals surface area contributed by atoms with E-state index in [0.717, 1.165) is 37.6 Å². The first kappa shape index (κ1) is 23.3. The molecule has 0 spiro atoms. The average molecular weight is 482 g/mol. The second-order valence-electron chi connectivity index (χ2n) is 8.69. The van der Waals surface area contributed by atoms with Crippen molar-refractivity contribution < 1.29 is 4.79 Å². The lowest BCUT2D eigenvalue weighted by Crippen LogP contribution is -2.44. The van der Waals surface area contributed by atoms with Gasteiger partial charge in [-0.05, 0) is 55.6 Å². The van der Waals surface area contributed by atoms with Crippen molar-refractivity contribution in [2.45, 2.75) is 0 Å². The Morgan fingerprint density at radius 3 is 2.47 bits per heavy atom. The smallest absolute Gasteiger partial charge is 0.256 e. The zero-order chi connectivity index (χ0) is 25.1. The zero-order valence-corrected chi connectivity index (χ0v) is 20.0. The average Bonchev–Trinajstić information content (AvgIpc) is 2.89. The van der Waals surface area contributed by atoms with Gasteiger partial charge in [0.05, 0.1) is 5.69 Å². The molecule has 9 nitrogen and oxygen atoms in total. The molecule has 0 unspecified atom stereocenters. The Balaban J connectivity index is 1.47. The first-order valence-electron chi connectivity index (χ1n) is 11.7. The Morgan fingerprint density at radius 1 is 0.972 bits per heavy atom. The Bertz CT molecular complexity index is 1490. The van der Waals surface area contributed by atoms with Gasteiger partial charge in [0.2, 0.25) is 11.9 Å². The van der Waals surface area contributed by atoms with Crippen molar-refractivity contribution in [3.8, 4) is 5.69 Å². The molecule has 1 fully saturated rings. The van der Waals surface area contributed by atoms with E-state index in [2.05, 4.69) is 56.2 Å². The number of nitrogens with zero attached hydrogens (tertiary/aromatic N) is 5. The molecule has 4 aromatic rings. The number of pyridine rings is 1. The summed E-state index contributed by atoms with van der Waals surface area (Å²) in [7, 11) is 2.14. The summed E-state index contributed by atoms with van der Waals surface area (Å²) in [6.45, 7) is 7.49. The Morgan fingerprint density at radius 2 is 1.69 bits per heavy atom. The minimum absolute atomic E-state index is 0.239. The SMILES string of the molecule is C=CC(=O)Nc1cccc(-n2c(=O)ccc3cnc(Nc4cccc(N5CCN(C)CC5)c4)nc32)c1. The van der Waals surface area contributed by atoms with Crippen LogP contribution < -0.4 is 21.1 Å². The maximum atomic E-state index is 12.9. The van der Waals surface area contributed by atoms with Crippen LogP contribution in [0, 0.1) is 0 Å². The standard InChI is InChI=1S/C27H27N7O2/c1-3-24(35)29-20-6-5-9-23(17-20)34-25(36)11-10-19-18-28-27(31-26(19)34)30-21-7-4-8-22(16-21)33-14-12-32(2)13-15-33/h3-11,16-18H,1,12-15H2,2H3,(H,29,35)(H,28,30,31). The lowest BCUT2D eigenvalue weighted by Gasteiger charge is -2.34. The van der Waals surface area contributed by atoms with Crippen LogP contribution in [-0.2, 0) is 4.79 Å². The molecule has 36 heavy (non-hydrogen) atoms. The van der Waals surface area contributed by atoms with E-state index in [1.807, 2.05) is 12.1 Å². The van der Waals surface area contributed by atoms with Gasteiger partial charge in [-0.25, -0.2) is 4.98 Å². The monoisotopic (exact) mass is 481 g/mol. The van der Waals surface area contributed by atoms with Crippen molar-refractivity contribution in [2.75, 3.05) is 48.8 Å². The fourth-order valence-electron chi connectivity index (χ4n) is 4.22. The second-order valence-corrected chi connectivity index (χ2v) is 8.69. The van der Waals surface area contributed by atoms with Gasteiger partial charge >= 0.3 is 0 Å². The quantitative estimate of drug-likeness (QED) is 0.408. The number of piperazine rings is 1. The van der Waals surface area contributed by atoms with E-state index in [1.165, 1.54) is 16.7 Å². The maximum Gasteiger partial charge on any atom is 0.256 e. The molecule has 0 aliphatic carbocycles. The van der Waals surface area contributed by atoms with E-state index in [4.69, 9.17) is 0 Å². The molecule has 0 saturated carbocycles. The summed E-state index contributed by atoms with van der Waals surface area (Å²) in [4.78, 5) is 38.5. The van der Waals surface area contributed by atoms with Crippen LogP contribution in [0.4, 0.5) is 23.0 Å². The van der Waals surface area contributed by atoms with Gasteiger partial charge in [-0.15, -0.1) is 0 Å². The van der Waals surface area contributed by atoms with Gasteiger partial charge in [0.15, 0.2) is 5.65 Å².